The molecule has 8 heteroatoms. The molecule has 1 fully saturated rings. The number of hydrogen-bond acceptors (Lipinski definition) is 5. The van der Waals surface area contributed by atoms with Gasteiger partial charge in [0.25, 0.3) is 5.91 Å². The van der Waals surface area contributed by atoms with Gasteiger partial charge in [0.05, 0.1) is 23.0 Å². The van der Waals surface area contributed by atoms with Gasteiger partial charge in [-0.15, -0.1) is 0 Å². The molecular formula is C18H21ClN4O3. The van der Waals surface area contributed by atoms with Crippen molar-refractivity contribution in [1.29, 1.82) is 0 Å². The van der Waals surface area contributed by atoms with Gasteiger partial charge < -0.3 is 20.5 Å². The van der Waals surface area contributed by atoms with Crippen LogP contribution in [-0.2, 0) is 17.9 Å². The number of hydrogen-bond donors (Lipinski definition) is 3. The number of benzene rings is 1. The molecule has 1 unspecified atom stereocenters. The fraction of sp³-hybridized carbons (Fsp3) is 0.444. The zero-order valence-corrected chi connectivity index (χ0v) is 14.9. The first kappa shape index (κ1) is 17.3. The predicted octanol–water partition coefficient (Wildman–Crippen LogP) is 1.80. The largest absolute Gasteiger partial charge is 0.482 e. The smallest absolute Gasteiger partial charge is 0.262 e. The molecule has 1 saturated carbocycles. The highest BCUT2D eigenvalue weighted by Crippen LogP contribution is 2.30. The van der Waals surface area contributed by atoms with Gasteiger partial charge in [-0.2, -0.15) is 5.10 Å². The summed E-state index contributed by atoms with van der Waals surface area (Å²) in [7, 11) is 0. The van der Waals surface area contributed by atoms with Crippen LogP contribution in [-0.4, -0.2) is 39.5 Å². The van der Waals surface area contributed by atoms with Crippen LogP contribution in [0.25, 0.3) is 0 Å². The third kappa shape index (κ3) is 3.85. The number of halogens is 1. The minimum absolute atomic E-state index is 0.0351. The Morgan fingerprint density at radius 1 is 1.42 bits per heavy atom. The van der Waals surface area contributed by atoms with E-state index in [4.69, 9.17) is 16.3 Å². The number of carbonyl (C=O) groups excluding carboxylic acids is 1. The van der Waals surface area contributed by atoms with Crippen LogP contribution >= 0.6 is 11.6 Å². The normalized spacial score (nSPS) is 24.8. The van der Waals surface area contributed by atoms with Gasteiger partial charge >= 0.3 is 0 Å². The summed E-state index contributed by atoms with van der Waals surface area (Å²) in [6.07, 6.45) is 4.67. The Morgan fingerprint density at radius 3 is 3.12 bits per heavy atom. The molecule has 0 spiro atoms. The van der Waals surface area contributed by atoms with Crippen molar-refractivity contribution in [3.8, 4) is 5.75 Å². The summed E-state index contributed by atoms with van der Waals surface area (Å²) < 4.78 is 7.20. The van der Waals surface area contributed by atoms with E-state index in [1.165, 1.54) is 0 Å². The monoisotopic (exact) mass is 376 g/mol. The summed E-state index contributed by atoms with van der Waals surface area (Å²) in [4.78, 5) is 11.4. The fourth-order valence-electron chi connectivity index (χ4n) is 3.68. The molecule has 2 heterocycles. The van der Waals surface area contributed by atoms with E-state index in [1.54, 1.807) is 12.4 Å². The second-order valence-electron chi connectivity index (χ2n) is 6.94. The van der Waals surface area contributed by atoms with E-state index >= 15 is 0 Å². The van der Waals surface area contributed by atoms with Crippen LogP contribution in [0.4, 0.5) is 5.69 Å². The SMILES string of the molecule is O=C1COc2ccc(CN[C@@H]3CC(Cn4cc(Cl)cn4)C[C@H]3O)cc2N1. The average molecular weight is 377 g/mol. The van der Waals surface area contributed by atoms with Crippen LogP contribution in [0, 0.1) is 5.92 Å². The lowest BCUT2D eigenvalue weighted by Gasteiger charge is -2.20. The van der Waals surface area contributed by atoms with E-state index in [1.807, 2.05) is 22.9 Å². The van der Waals surface area contributed by atoms with Crippen LogP contribution in [0.15, 0.2) is 30.6 Å². The summed E-state index contributed by atoms with van der Waals surface area (Å²) in [5.74, 6) is 0.900. The van der Waals surface area contributed by atoms with Crippen molar-refractivity contribution in [1.82, 2.24) is 15.1 Å². The number of aromatic nitrogens is 2. The Bertz CT molecular complexity index is 809. The molecular weight excluding hydrogens is 356 g/mol. The van der Waals surface area contributed by atoms with Crippen molar-refractivity contribution in [2.75, 3.05) is 11.9 Å². The van der Waals surface area contributed by atoms with Crippen molar-refractivity contribution in [2.45, 2.75) is 38.1 Å². The van der Waals surface area contributed by atoms with E-state index in [9.17, 15) is 9.90 Å². The van der Waals surface area contributed by atoms with Crippen LogP contribution in [0.1, 0.15) is 18.4 Å². The number of ether oxygens (including phenoxy) is 1. The molecule has 1 aliphatic carbocycles. The molecule has 138 valence electrons. The first-order valence-electron chi connectivity index (χ1n) is 8.72. The van der Waals surface area contributed by atoms with Crippen LogP contribution in [0.3, 0.4) is 0 Å². The molecule has 0 saturated heterocycles. The third-order valence-electron chi connectivity index (χ3n) is 4.92. The number of amides is 1. The lowest BCUT2D eigenvalue weighted by atomic mass is 10.1. The molecule has 4 rings (SSSR count). The van der Waals surface area contributed by atoms with E-state index in [0.717, 1.165) is 24.9 Å². The van der Waals surface area contributed by atoms with E-state index in [2.05, 4.69) is 15.7 Å². The van der Waals surface area contributed by atoms with Crippen molar-refractivity contribution in [3.05, 3.63) is 41.2 Å². The third-order valence-corrected chi connectivity index (χ3v) is 5.11. The molecule has 26 heavy (non-hydrogen) atoms. The van der Waals surface area contributed by atoms with E-state index in [0.29, 0.717) is 28.9 Å². The lowest BCUT2D eigenvalue weighted by molar-refractivity contribution is -0.118. The Kier molecular flexibility index (Phi) is 4.84. The van der Waals surface area contributed by atoms with Gasteiger partial charge in [-0.3, -0.25) is 9.48 Å². The predicted molar refractivity (Wildman–Crippen MR) is 97.2 cm³/mol. The second kappa shape index (κ2) is 7.26. The molecule has 1 aliphatic heterocycles. The Labute approximate surface area is 156 Å². The van der Waals surface area contributed by atoms with Crippen molar-refractivity contribution in [3.63, 3.8) is 0 Å². The van der Waals surface area contributed by atoms with Gasteiger partial charge in [0.1, 0.15) is 5.75 Å². The topological polar surface area (TPSA) is 88.4 Å². The van der Waals surface area contributed by atoms with Gasteiger partial charge in [-0.05, 0) is 36.5 Å². The minimum Gasteiger partial charge on any atom is -0.482 e. The van der Waals surface area contributed by atoms with Gasteiger partial charge in [0.2, 0.25) is 0 Å². The van der Waals surface area contributed by atoms with Crippen LogP contribution in [0.2, 0.25) is 5.02 Å². The number of aliphatic hydroxyl groups is 1. The second-order valence-corrected chi connectivity index (χ2v) is 7.38. The number of rotatable bonds is 5. The number of aliphatic hydroxyl groups excluding tert-OH is 1. The quantitative estimate of drug-likeness (QED) is 0.740. The van der Waals surface area contributed by atoms with Crippen LogP contribution < -0.4 is 15.4 Å². The maximum absolute atomic E-state index is 11.4. The average Bonchev–Trinajstić information content (AvgIpc) is 3.18. The number of anilines is 1. The first-order valence-corrected chi connectivity index (χ1v) is 9.09. The standard InChI is InChI=1S/C18H21ClN4O3/c19-13-7-21-23(9-13)8-12-4-14(16(24)5-12)20-6-11-1-2-17-15(3-11)22-18(25)10-26-17/h1-3,7,9,12,14,16,20,24H,4-6,8,10H2,(H,22,25)/t12?,14-,16-/m1/s1. The van der Waals surface area contributed by atoms with Gasteiger partial charge in [0, 0.05) is 25.3 Å². The summed E-state index contributed by atoms with van der Waals surface area (Å²) in [6, 6.07) is 5.77. The van der Waals surface area contributed by atoms with Crippen molar-refractivity contribution in [2.24, 2.45) is 5.92 Å². The van der Waals surface area contributed by atoms with Gasteiger partial charge in [-0.1, -0.05) is 17.7 Å². The number of fused-ring (bicyclic) bond motifs is 1. The fourth-order valence-corrected chi connectivity index (χ4v) is 3.83. The number of nitrogens with zero attached hydrogens (tertiary/aromatic N) is 2. The van der Waals surface area contributed by atoms with Gasteiger partial charge in [-0.25, -0.2) is 0 Å². The Morgan fingerprint density at radius 2 is 2.31 bits per heavy atom. The van der Waals surface area contributed by atoms with Crippen LogP contribution in [0.5, 0.6) is 5.75 Å². The van der Waals surface area contributed by atoms with E-state index in [-0.39, 0.29) is 24.7 Å². The Hall–Kier alpha value is -2.09. The molecule has 1 aromatic carbocycles. The summed E-state index contributed by atoms with van der Waals surface area (Å²) in [5, 5.41) is 21.4. The summed E-state index contributed by atoms with van der Waals surface area (Å²) in [6.45, 7) is 1.43. The molecule has 1 amide bonds. The van der Waals surface area contributed by atoms with Crippen molar-refractivity contribution < 1.29 is 14.6 Å². The lowest BCUT2D eigenvalue weighted by Crippen LogP contribution is -2.35. The molecule has 0 bridgehead atoms. The van der Waals surface area contributed by atoms with Crippen molar-refractivity contribution >= 4 is 23.2 Å². The molecule has 2 aliphatic rings. The highest BCUT2D eigenvalue weighted by atomic mass is 35.5. The molecule has 7 nitrogen and oxygen atoms in total. The molecule has 3 N–H and O–H groups in total. The highest BCUT2D eigenvalue weighted by molar-refractivity contribution is 6.30. The van der Waals surface area contributed by atoms with E-state index < -0.39 is 0 Å². The van der Waals surface area contributed by atoms with Gasteiger partial charge in [0.15, 0.2) is 6.61 Å². The number of nitrogens with one attached hydrogen (secondary N) is 2. The zero-order valence-electron chi connectivity index (χ0n) is 14.2. The molecule has 0 radical (unpaired) electrons. The zero-order chi connectivity index (χ0) is 18.1. The Balaban J connectivity index is 1.33. The maximum Gasteiger partial charge on any atom is 0.262 e. The molecule has 1 aromatic heterocycles. The summed E-state index contributed by atoms with van der Waals surface area (Å²) >= 11 is 5.90. The highest BCUT2D eigenvalue weighted by Gasteiger charge is 2.32. The maximum atomic E-state index is 11.4. The first-order chi connectivity index (χ1) is 12.6. The molecule has 2 aromatic rings. The summed E-state index contributed by atoms with van der Waals surface area (Å²) in [5.41, 5.74) is 1.73. The molecule has 3 atom stereocenters. The minimum atomic E-state index is -0.383. The number of carbonyl (C=O) groups is 1.